The van der Waals surface area contributed by atoms with E-state index in [-0.39, 0.29) is 5.91 Å². The van der Waals surface area contributed by atoms with Crippen molar-refractivity contribution in [1.82, 2.24) is 0 Å². The van der Waals surface area contributed by atoms with Gasteiger partial charge in [0.25, 0.3) is 5.91 Å². The summed E-state index contributed by atoms with van der Waals surface area (Å²) < 4.78 is 6.20. The third-order valence-electron chi connectivity index (χ3n) is 5.26. The second-order valence-corrected chi connectivity index (χ2v) is 9.69. The van der Waals surface area contributed by atoms with Crippen molar-refractivity contribution >= 4 is 50.1 Å². The summed E-state index contributed by atoms with van der Waals surface area (Å²) in [5, 5.41) is 3.88. The number of aryl methyl sites for hydroxylation is 3. The van der Waals surface area contributed by atoms with Gasteiger partial charge in [-0.25, -0.2) is 4.99 Å². The summed E-state index contributed by atoms with van der Waals surface area (Å²) >= 11 is 4.96. The Balaban J connectivity index is 1.71. The Bertz CT molecular complexity index is 1080. The predicted molar refractivity (Wildman–Crippen MR) is 128 cm³/mol. The Kier molecular flexibility index (Phi) is 6.54. The summed E-state index contributed by atoms with van der Waals surface area (Å²) in [6.07, 6.45) is 8.39. The van der Waals surface area contributed by atoms with Crippen molar-refractivity contribution < 1.29 is 9.21 Å². The number of thiophene rings is 1. The average molecular weight is 485 g/mol. The summed E-state index contributed by atoms with van der Waals surface area (Å²) in [4.78, 5) is 19.4. The van der Waals surface area contributed by atoms with Crippen molar-refractivity contribution in [2.75, 3.05) is 5.32 Å². The molecule has 156 valence electrons. The molecule has 0 fully saturated rings. The van der Waals surface area contributed by atoms with Crippen molar-refractivity contribution in [3.63, 3.8) is 0 Å². The lowest BCUT2D eigenvalue weighted by Gasteiger charge is -2.12. The molecule has 0 unspecified atom stereocenters. The standard InChI is InChI=1S/C24H25BrN2O2S/c1-15-11-16(2)13-17(12-15)27-23(28)22-19-7-5-3-4-6-8-20(19)30-24(22)26-14-18-9-10-21(25)29-18/h9-14H,3-8H2,1-2H3,(H,27,28). The van der Waals surface area contributed by atoms with E-state index in [0.717, 1.165) is 46.6 Å². The molecule has 0 bridgehead atoms. The first-order chi connectivity index (χ1) is 14.5. The fraction of sp³-hybridized carbons (Fsp3) is 0.333. The average Bonchev–Trinajstić information content (AvgIpc) is 3.22. The molecule has 2 aromatic heterocycles. The Morgan fingerprint density at radius 3 is 2.53 bits per heavy atom. The molecule has 3 aromatic rings. The number of anilines is 1. The van der Waals surface area contributed by atoms with E-state index in [1.54, 1.807) is 17.6 Å². The van der Waals surface area contributed by atoms with Crippen molar-refractivity contribution in [3.05, 3.63) is 67.9 Å². The first-order valence-corrected chi connectivity index (χ1v) is 11.9. The number of hydrogen-bond donors (Lipinski definition) is 1. The number of fused-ring (bicyclic) bond motifs is 1. The van der Waals surface area contributed by atoms with Gasteiger partial charge in [-0.3, -0.25) is 4.79 Å². The van der Waals surface area contributed by atoms with Crippen LogP contribution in [0.1, 0.15) is 63.4 Å². The van der Waals surface area contributed by atoms with E-state index < -0.39 is 0 Å². The maximum Gasteiger partial charge on any atom is 0.259 e. The second-order valence-electron chi connectivity index (χ2n) is 7.83. The lowest BCUT2D eigenvalue weighted by Crippen LogP contribution is -2.14. The molecule has 6 heteroatoms. The van der Waals surface area contributed by atoms with Crippen LogP contribution in [0.3, 0.4) is 0 Å². The Morgan fingerprint density at radius 1 is 1.10 bits per heavy atom. The van der Waals surface area contributed by atoms with Crippen molar-refractivity contribution in [2.45, 2.75) is 52.4 Å². The van der Waals surface area contributed by atoms with Crippen molar-refractivity contribution in [2.24, 2.45) is 4.99 Å². The van der Waals surface area contributed by atoms with Crippen LogP contribution in [0.5, 0.6) is 0 Å². The summed E-state index contributed by atoms with van der Waals surface area (Å²) in [6.45, 7) is 4.08. The molecule has 0 spiro atoms. The summed E-state index contributed by atoms with van der Waals surface area (Å²) in [7, 11) is 0. The van der Waals surface area contributed by atoms with Crippen LogP contribution in [-0.2, 0) is 12.8 Å². The molecule has 4 rings (SSSR count). The minimum Gasteiger partial charge on any atom is -0.448 e. The van der Waals surface area contributed by atoms with Crippen LogP contribution in [-0.4, -0.2) is 12.1 Å². The summed E-state index contributed by atoms with van der Waals surface area (Å²) in [6, 6.07) is 9.80. The van der Waals surface area contributed by atoms with Gasteiger partial charge in [-0.15, -0.1) is 11.3 Å². The number of benzene rings is 1. The Hall–Kier alpha value is -2.18. The quantitative estimate of drug-likeness (QED) is 0.392. The minimum absolute atomic E-state index is 0.0779. The van der Waals surface area contributed by atoms with Gasteiger partial charge in [-0.2, -0.15) is 0 Å². The van der Waals surface area contributed by atoms with E-state index >= 15 is 0 Å². The van der Waals surface area contributed by atoms with Crippen LogP contribution >= 0.6 is 27.3 Å². The molecule has 4 nitrogen and oxygen atoms in total. The van der Waals surface area contributed by atoms with Gasteiger partial charge in [0.15, 0.2) is 4.67 Å². The molecule has 0 aliphatic heterocycles. The third-order valence-corrected chi connectivity index (χ3v) is 6.89. The minimum atomic E-state index is -0.0779. The van der Waals surface area contributed by atoms with Gasteiger partial charge in [0.05, 0.1) is 11.8 Å². The highest BCUT2D eigenvalue weighted by molar-refractivity contribution is 9.10. The number of nitrogens with one attached hydrogen (secondary N) is 1. The predicted octanol–water partition coefficient (Wildman–Crippen LogP) is 7.38. The lowest BCUT2D eigenvalue weighted by atomic mass is 9.96. The first-order valence-electron chi connectivity index (χ1n) is 10.3. The SMILES string of the molecule is Cc1cc(C)cc(NC(=O)c2c(N=Cc3ccc(Br)o3)sc3c2CCCCCC3)c1. The molecule has 0 saturated carbocycles. The maximum atomic E-state index is 13.4. The van der Waals surface area contributed by atoms with Gasteiger partial charge >= 0.3 is 0 Å². The smallest absolute Gasteiger partial charge is 0.259 e. The monoisotopic (exact) mass is 484 g/mol. The van der Waals surface area contributed by atoms with E-state index in [1.165, 1.54) is 29.7 Å². The molecule has 0 atom stereocenters. The molecule has 0 saturated heterocycles. The van der Waals surface area contributed by atoms with Crippen molar-refractivity contribution in [3.8, 4) is 0 Å². The van der Waals surface area contributed by atoms with Crippen LogP contribution in [0, 0.1) is 13.8 Å². The van der Waals surface area contributed by atoms with E-state index in [0.29, 0.717) is 10.4 Å². The highest BCUT2D eigenvalue weighted by atomic mass is 79.9. The van der Waals surface area contributed by atoms with E-state index in [2.05, 4.69) is 32.3 Å². The molecule has 1 aliphatic carbocycles. The van der Waals surface area contributed by atoms with Crippen LogP contribution in [0.4, 0.5) is 10.7 Å². The highest BCUT2D eigenvalue weighted by Gasteiger charge is 2.24. The van der Waals surface area contributed by atoms with Gasteiger partial charge in [0, 0.05) is 10.6 Å². The fourth-order valence-corrected chi connectivity index (χ4v) is 5.54. The van der Waals surface area contributed by atoms with Crippen LogP contribution < -0.4 is 5.32 Å². The number of hydrogen-bond acceptors (Lipinski definition) is 4. The maximum absolute atomic E-state index is 13.4. The molecular weight excluding hydrogens is 460 g/mol. The topological polar surface area (TPSA) is 54.6 Å². The number of furan rings is 1. The van der Waals surface area contributed by atoms with Crippen LogP contribution in [0.2, 0.25) is 0 Å². The fourth-order valence-electron chi connectivity index (χ4n) is 3.99. The number of amides is 1. The van der Waals surface area contributed by atoms with E-state index in [9.17, 15) is 4.79 Å². The zero-order chi connectivity index (χ0) is 21.1. The molecular formula is C24H25BrN2O2S. The molecule has 1 N–H and O–H groups in total. The molecule has 1 amide bonds. The number of aliphatic imine (C=N–C) groups is 1. The normalized spacial score (nSPS) is 14.4. The second kappa shape index (κ2) is 9.31. The van der Waals surface area contributed by atoms with Crippen molar-refractivity contribution in [1.29, 1.82) is 0 Å². The van der Waals surface area contributed by atoms with Gasteiger partial charge in [-0.1, -0.05) is 18.9 Å². The highest BCUT2D eigenvalue weighted by Crippen LogP contribution is 2.39. The van der Waals surface area contributed by atoms with E-state index in [1.807, 2.05) is 38.1 Å². The Morgan fingerprint density at radius 2 is 1.83 bits per heavy atom. The van der Waals surface area contributed by atoms with Crippen LogP contribution in [0.25, 0.3) is 0 Å². The zero-order valence-electron chi connectivity index (χ0n) is 17.3. The first kappa shape index (κ1) is 21.1. The van der Waals surface area contributed by atoms with Gasteiger partial charge < -0.3 is 9.73 Å². The van der Waals surface area contributed by atoms with Gasteiger partial charge in [0.2, 0.25) is 0 Å². The number of halogens is 1. The summed E-state index contributed by atoms with van der Waals surface area (Å²) in [5.41, 5.74) is 4.99. The Labute approximate surface area is 189 Å². The zero-order valence-corrected chi connectivity index (χ0v) is 19.7. The molecule has 0 radical (unpaired) electrons. The largest absolute Gasteiger partial charge is 0.448 e. The molecule has 30 heavy (non-hydrogen) atoms. The lowest BCUT2D eigenvalue weighted by molar-refractivity contribution is 0.102. The number of nitrogens with zero attached hydrogens (tertiary/aromatic N) is 1. The molecule has 1 aliphatic rings. The molecule has 1 aromatic carbocycles. The van der Waals surface area contributed by atoms with Gasteiger partial charge in [0.1, 0.15) is 10.8 Å². The third kappa shape index (κ3) is 4.93. The van der Waals surface area contributed by atoms with Gasteiger partial charge in [-0.05, 0) is 96.4 Å². The molecule has 2 heterocycles. The number of carbonyl (C=O) groups excluding carboxylic acids is 1. The number of rotatable bonds is 4. The van der Waals surface area contributed by atoms with Crippen LogP contribution in [0.15, 0.2) is 44.4 Å². The number of carbonyl (C=O) groups is 1. The van der Waals surface area contributed by atoms with E-state index in [4.69, 9.17) is 4.42 Å². The summed E-state index contributed by atoms with van der Waals surface area (Å²) in [5.74, 6) is 0.578.